The number of piperidine rings is 1. The number of rotatable bonds is 8. The SMILES string of the molecule is CCNCC(C)S(=O)(=O)NC(C)CN1CCCCC1. The van der Waals surface area contributed by atoms with Crippen molar-refractivity contribution in [3.8, 4) is 0 Å². The van der Waals surface area contributed by atoms with Crippen molar-refractivity contribution in [1.29, 1.82) is 0 Å². The highest BCUT2D eigenvalue weighted by atomic mass is 32.2. The Morgan fingerprint density at radius 1 is 1.16 bits per heavy atom. The van der Waals surface area contributed by atoms with E-state index < -0.39 is 15.3 Å². The molecule has 6 heteroatoms. The molecule has 1 rings (SSSR count). The predicted octanol–water partition coefficient (Wildman–Crippen LogP) is 0.778. The van der Waals surface area contributed by atoms with Gasteiger partial charge < -0.3 is 10.2 Å². The second-order valence-electron chi connectivity index (χ2n) is 5.54. The third-order valence-electron chi connectivity index (χ3n) is 3.56. The molecule has 0 amide bonds. The molecule has 2 unspecified atom stereocenters. The summed E-state index contributed by atoms with van der Waals surface area (Å²) in [5.41, 5.74) is 0. The molecule has 114 valence electrons. The third kappa shape index (κ3) is 6.21. The molecule has 0 aliphatic carbocycles. The Morgan fingerprint density at radius 2 is 1.79 bits per heavy atom. The van der Waals surface area contributed by atoms with Crippen molar-refractivity contribution in [2.24, 2.45) is 0 Å². The summed E-state index contributed by atoms with van der Waals surface area (Å²) in [7, 11) is -3.22. The van der Waals surface area contributed by atoms with Crippen LogP contribution in [0.25, 0.3) is 0 Å². The average Bonchev–Trinajstić information content (AvgIpc) is 2.36. The topological polar surface area (TPSA) is 61.4 Å². The fourth-order valence-corrected chi connectivity index (χ4v) is 3.63. The zero-order valence-corrected chi connectivity index (χ0v) is 13.3. The molecule has 2 atom stereocenters. The molecule has 0 aromatic rings. The first kappa shape index (κ1) is 16.9. The van der Waals surface area contributed by atoms with Crippen LogP contribution in [-0.4, -0.2) is 57.3 Å². The quantitative estimate of drug-likeness (QED) is 0.694. The summed E-state index contributed by atoms with van der Waals surface area (Å²) in [6, 6.07) is -0.0211. The number of hydrogen-bond acceptors (Lipinski definition) is 4. The van der Waals surface area contributed by atoms with E-state index in [4.69, 9.17) is 0 Å². The zero-order chi connectivity index (χ0) is 14.3. The minimum Gasteiger partial charge on any atom is -0.316 e. The Labute approximate surface area is 118 Å². The molecule has 19 heavy (non-hydrogen) atoms. The van der Waals surface area contributed by atoms with Crippen LogP contribution in [0.2, 0.25) is 0 Å². The first-order chi connectivity index (χ1) is 8.95. The van der Waals surface area contributed by atoms with Crippen molar-refractivity contribution < 1.29 is 8.42 Å². The van der Waals surface area contributed by atoms with Crippen LogP contribution >= 0.6 is 0 Å². The van der Waals surface area contributed by atoms with Gasteiger partial charge in [0.2, 0.25) is 10.0 Å². The second kappa shape index (κ2) is 8.19. The molecule has 0 aromatic carbocycles. The lowest BCUT2D eigenvalue weighted by atomic mass is 10.1. The summed E-state index contributed by atoms with van der Waals surface area (Å²) in [5.74, 6) is 0. The summed E-state index contributed by atoms with van der Waals surface area (Å²) in [6.45, 7) is 9.98. The van der Waals surface area contributed by atoms with Crippen LogP contribution < -0.4 is 10.0 Å². The van der Waals surface area contributed by atoms with Gasteiger partial charge in [0.05, 0.1) is 5.25 Å². The van der Waals surface area contributed by atoms with Crippen LogP contribution in [0, 0.1) is 0 Å². The van der Waals surface area contributed by atoms with Crippen LogP contribution in [0.5, 0.6) is 0 Å². The Balaban J connectivity index is 2.38. The number of nitrogens with one attached hydrogen (secondary N) is 2. The molecule has 1 saturated heterocycles. The molecule has 0 saturated carbocycles. The molecule has 1 fully saturated rings. The minimum absolute atomic E-state index is 0.0211. The standard InChI is InChI=1S/C13H29N3O2S/c1-4-14-10-13(3)19(17,18)15-12(2)11-16-8-6-5-7-9-16/h12-15H,4-11H2,1-3H3. The molecule has 1 aliphatic rings. The Hall–Kier alpha value is -0.170. The third-order valence-corrected chi connectivity index (χ3v) is 5.51. The van der Waals surface area contributed by atoms with Gasteiger partial charge in [-0.05, 0) is 46.3 Å². The minimum atomic E-state index is -3.22. The largest absolute Gasteiger partial charge is 0.316 e. The van der Waals surface area contributed by atoms with Crippen LogP contribution in [0.15, 0.2) is 0 Å². The highest BCUT2D eigenvalue weighted by Crippen LogP contribution is 2.09. The van der Waals surface area contributed by atoms with E-state index in [0.717, 1.165) is 26.2 Å². The van der Waals surface area contributed by atoms with Crippen molar-refractivity contribution in [2.45, 2.75) is 51.3 Å². The predicted molar refractivity (Wildman–Crippen MR) is 79.8 cm³/mol. The average molecular weight is 291 g/mol. The van der Waals surface area contributed by atoms with Gasteiger partial charge in [0.15, 0.2) is 0 Å². The molecular formula is C13H29N3O2S. The summed E-state index contributed by atoms with van der Waals surface area (Å²) in [6.07, 6.45) is 3.77. The van der Waals surface area contributed by atoms with Crippen molar-refractivity contribution in [3.63, 3.8) is 0 Å². The van der Waals surface area contributed by atoms with E-state index in [9.17, 15) is 8.42 Å². The Morgan fingerprint density at radius 3 is 2.37 bits per heavy atom. The lowest BCUT2D eigenvalue weighted by Crippen LogP contribution is -2.47. The summed E-state index contributed by atoms with van der Waals surface area (Å²) < 4.78 is 27.0. The summed E-state index contributed by atoms with van der Waals surface area (Å²) in [5, 5.41) is 2.69. The first-order valence-corrected chi connectivity index (χ1v) is 8.94. The Bertz CT molecular complexity index is 340. The maximum atomic E-state index is 12.1. The Kier molecular flexibility index (Phi) is 7.28. The fourth-order valence-electron chi connectivity index (χ4n) is 2.42. The van der Waals surface area contributed by atoms with E-state index in [1.807, 2.05) is 13.8 Å². The molecule has 0 radical (unpaired) electrons. The number of nitrogens with zero attached hydrogens (tertiary/aromatic N) is 1. The maximum Gasteiger partial charge on any atom is 0.215 e. The fraction of sp³-hybridized carbons (Fsp3) is 1.00. The van der Waals surface area contributed by atoms with Crippen LogP contribution in [-0.2, 0) is 10.0 Å². The molecular weight excluding hydrogens is 262 g/mol. The monoisotopic (exact) mass is 291 g/mol. The van der Waals surface area contributed by atoms with E-state index in [0.29, 0.717) is 6.54 Å². The highest BCUT2D eigenvalue weighted by molar-refractivity contribution is 7.90. The molecule has 0 aromatic heterocycles. The lowest BCUT2D eigenvalue weighted by molar-refractivity contribution is 0.215. The molecule has 5 nitrogen and oxygen atoms in total. The number of hydrogen-bond donors (Lipinski definition) is 2. The molecule has 1 aliphatic heterocycles. The van der Waals surface area contributed by atoms with E-state index in [1.165, 1.54) is 19.3 Å². The van der Waals surface area contributed by atoms with Crippen molar-refractivity contribution in [3.05, 3.63) is 0 Å². The van der Waals surface area contributed by atoms with E-state index >= 15 is 0 Å². The normalized spacial score (nSPS) is 21.2. The van der Waals surface area contributed by atoms with E-state index in [1.54, 1.807) is 6.92 Å². The van der Waals surface area contributed by atoms with Crippen LogP contribution in [0.4, 0.5) is 0 Å². The van der Waals surface area contributed by atoms with Crippen molar-refractivity contribution in [1.82, 2.24) is 14.9 Å². The van der Waals surface area contributed by atoms with Gasteiger partial charge in [-0.15, -0.1) is 0 Å². The first-order valence-electron chi connectivity index (χ1n) is 7.40. The van der Waals surface area contributed by atoms with Gasteiger partial charge in [-0.25, -0.2) is 13.1 Å². The molecule has 1 heterocycles. The lowest BCUT2D eigenvalue weighted by Gasteiger charge is -2.29. The van der Waals surface area contributed by atoms with Crippen molar-refractivity contribution in [2.75, 3.05) is 32.7 Å². The smallest absolute Gasteiger partial charge is 0.215 e. The van der Waals surface area contributed by atoms with E-state index in [2.05, 4.69) is 14.9 Å². The van der Waals surface area contributed by atoms with E-state index in [-0.39, 0.29) is 6.04 Å². The number of sulfonamides is 1. The van der Waals surface area contributed by atoms with Crippen molar-refractivity contribution >= 4 is 10.0 Å². The van der Waals surface area contributed by atoms with Gasteiger partial charge in [0.25, 0.3) is 0 Å². The zero-order valence-electron chi connectivity index (χ0n) is 12.5. The molecule has 0 bridgehead atoms. The van der Waals surface area contributed by atoms with Gasteiger partial charge in [-0.2, -0.15) is 0 Å². The van der Waals surface area contributed by atoms with Gasteiger partial charge >= 0.3 is 0 Å². The van der Waals surface area contributed by atoms with Gasteiger partial charge in [-0.1, -0.05) is 13.3 Å². The van der Waals surface area contributed by atoms with Gasteiger partial charge in [0, 0.05) is 19.1 Å². The summed E-state index contributed by atoms with van der Waals surface area (Å²) >= 11 is 0. The van der Waals surface area contributed by atoms with Crippen LogP contribution in [0.3, 0.4) is 0 Å². The van der Waals surface area contributed by atoms with Gasteiger partial charge in [-0.3, -0.25) is 0 Å². The summed E-state index contributed by atoms with van der Waals surface area (Å²) in [4.78, 5) is 2.35. The van der Waals surface area contributed by atoms with Crippen LogP contribution in [0.1, 0.15) is 40.0 Å². The number of likely N-dealkylation sites (tertiary alicyclic amines) is 1. The highest BCUT2D eigenvalue weighted by Gasteiger charge is 2.23. The van der Waals surface area contributed by atoms with Gasteiger partial charge in [0.1, 0.15) is 0 Å². The molecule has 0 spiro atoms. The molecule has 2 N–H and O–H groups in total. The maximum absolute atomic E-state index is 12.1. The second-order valence-corrected chi connectivity index (χ2v) is 7.67.